The summed E-state index contributed by atoms with van der Waals surface area (Å²) in [6.07, 6.45) is 0.780. The summed E-state index contributed by atoms with van der Waals surface area (Å²) in [4.78, 5) is 43.7. The minimum absolute atomic E-state index is 0.0341. The molecule has 0 aliphatic heterocycles. The van der Waals surface area contributed by atoms with Gasteiger partial charge in [-0.2, -0.15) is 0 Å². The van der Waals surface area contributed by atoms with Crippen molar-refractivity contribution in [2.45, 2.75) is 46.1 Å². The average molecular weight is 441 g/mol. The second-order valence-corrected chi connectivity index (χ2v) is 8.27. The van der Waals surface area contributed by atoms with Gasteiger partial charge in [-0.25, -0.2) is 4.79 Å². The summed E-state index contributed by atoms with van der Waals surface area (Å²) < 4.78 is 10.3. The number of methoxy groups -OCH3 is 1. The number of amides is 1. The third-order valence-electron chi connectivity index (χ3n) is 6.17. The van der Waals surface area contributed by atoms with Crippen molar-refractivity contribution in [3.63, 3.8) is 0 Å². The highest BCUT2D eigenvalue weighted by Gasteiger charge is 2.47. The van der Waals surface area contributed by atoms with Gasteiger partial charge < -0.3 is 19.4 Å². The molecule has 1 aliphatic carbocycles. The molecule has 2 unspecified atom stereocenters. The maximum absolute atomic E-state index is 13.5. The number of aromatic amines is 1. The molecular formula is C25H32N2O5. The summed E-state index contributed by atoms with van der Waals surface area (Å²) in [5, 5.41) is 0. The van der Waals surface area contributed by atoms with Crippen LogP contribution in [-0.4, -0.2) is 60.5 Å². The molecule has 7 heteroatoms. The van der Waals surface area contributed by atoms with E-state index in [0.717, 1.165) is 12.0 Å². The minimum atomic E-state index is -0.682. The summed E-state index contributed by atoms with van der Waals surface area (Å²) in [5.74, 6) is -0.674. The van der Waals surface area contributed by atoms with Crippen LogP contribution in [0.3, 0.4) is 0 Å². The van der Waals surface area contributed by atoms with E-state index in [4.69, 9.17) is 9.47 Å². The Hall–Kier alpha value is -2.93. The summed E-state index contributed by atoms with van der Waals surface area (Å²) in [6.45, 7) is 7.87. The number of carbonyl (C=O) groups is 3. The molecule has 1 heterocycles. The number of hydrogen-bond donors (Lipinski definition) is 1. The van der Waals surface area contributed by atoms with Crippen LogP contribution in [0.5, 0.6) is 0 Å². The number of ketones is 1. The molecular weight excluding hydrogens is 408 g/mol. The monoisotopic (exact) mass is 440 g/mol. The first-order chi connectivity index (χ1) is 15.3. The van der Waals surface area contributed by atoms with Gasteiger partial charge in [-0.1, -0.05) is 30.3 Å². The van der Waals surface area contributed by atoms with E-state index < -0.39 is 12.0 Å². The van der Waals surface area contributed by atoms with Gasteiger partial charge in [0.25, 0.3) is 0 Å². The van der Waals surface area contributed by atoms with Gasteiger partial charge in [-0.05, 0) is 51.2 Å². The fraction of sp³-hybridized carbons (Fsp3) is 0.480. The molecule has 0 spiro atoms. The number of esters is 1. The number of aromatic nitrogens is 1. The lowest BCUT2D eigenvalue weighted by atomic mass is 9.99. The van der Waals surface area contributed by atoms with Crippen molar-refractivity contribution in [3.05, 3.63) is 58.4 Å². The minimum Gasteiger partial charge on any atom is -0.461 e. The fourth-order valence-corrected chi connectivity index (χ4v) is 4.31. The molecule has 1 aromatic heterocycles. The predicted molar refractivity (Wildman–Crippen MR) is 121 cm³/mol. The largest absolute Gasteiger partial charge is 0.461 e. The number of H-pyrrole nitrogens is 1. The number of rotatable bonds is 10. The summed E-state index contributed by atoms with van der Waals surface area (Å²) in [6, 6.07) is 9.30. The Morgan fingerprint density at radius 3 is 2.50 bits per heavy atom. The highest BCUT2D eigenvalue weighted by Crippen LogP contribution is 2.48. The maximum Gasteiger partial charge on any atom is 0.355 e. The van der Waals surface area contributed by atoms with Crippen LogP contribution in [0.1, 0.15) is 63.9 Å². The average Bonchev–Trinajstić information content (AvgIpc) is 3.53. The zero-order chi connectivity index (χ0) is 23.4. The molecule has 7 nitrogen and oxygen atoms in total. The highest BCUT2D eigenvalue weighted by atomic mass is 16.5. The molecule has 1 fully saturated rings. The van der Waals surface area contributed by atoms with Gasteiger partial charge in [-0.3, -0.25) is 9.59 Å². The third kappa shape index (κ3) is 4.78. The number of Topliss-reactive ketones (excluding diaryl/α,β-unsaturated/α-hetero) is 1. The van der Waals surface area contributed by atoms with Crippen LogP contribution >= 0.6 is 0 Å². The first-order valence-electron chi connectivity index (χ1n) is 11.1. The summed E-state index contributed by atoms with van der Waals surface area (Å²) in [5.41, 5.74) is 3.00. The smallest absolute Gasteiger partial charge is 0.355 e. The van der Waals surface area contributed by atoms with Gasteiger partial charge in [-0.15, -0.1) is 0 Å². The van der Waals surface area contributed by atoms with E-state index >= 15 is 0 Å². The van der Waals surface area contributed by atoms with E-state index in [1.807, 2.05) is 30.3 Å². The molecule has 1 saturated carbocycles. The van der Waals surface area contributed by atoms with Crippen LogP contribution in [0.15, 0.2) is 30.3 Å². The molecule has 3 rings (SSSR count). The molecule has 1 aromatic carbocycles. The van der Waals surface area contributed by atoms with E-state index in [9.17, 15) is 14.4 Å². The SMILES string of the molecule is CCOC(=O)c1[nH]c(C)c(C(=O)C(C)N(CCOC)C(=O)C2C[C@H]2c2ccccc2)c1C. The first-order valence-corrected chi connectivity index (χ1v) is 11.1. The first kappa shape index (κ1) is 23.7. The van der Waals surface area contributed by atoms with Crippen molar-refractivity contribution in [2.24, 2.45) is 5.92 Å². The molecule has 2 aromatic rings. The van der Waals surface area contributed by atoms with Crippen LogP contribution < -0.4 is 0 Å². The number of ether oxygens (including phenoxy) is 2. The number of hydrogen-bond acceptors (Lipinski definition) is 5. The lowest BCUT2D eigenvalue weighted by Gasteiger charge is -2.29. The zero-order valence-corrected chi connectivity index (χ0v) is 19.4. The van der Waals surface area contributed by atoms with E-state index in [-0.39, 0.29) is 35.8 Å². The van der Waals surface area contributed by atoms with Crippen molar-refractivity contribution < 1.29 is 23.9 Å². The van der Waals surface area contributed by atoms with Crippen molar-refractivity contribution in [1.82, 2.24) is 9.88 Å². The Labute approximate surface area is 189 Å². The van der Waals surface area contributed by atoms with Gasteiger partial charge in [0.1, 0.15) is 5.69 Å². The Bertz CT molecular complexity index is 982. The number of carbonyl (C=O) groups excluding carboxylic acids is 3. The Balaban J connectivity index is 1.82. The number of nitrogens with one attached hydrogen (secondary N) is 1. The van der Waals surface area contributed by atoms with Gasteiger partial charge in [0.2, 0.25) is 5.91 Å². The maximum atomic E-state index is 13.5. The second-order valence-electron chi connectivity index (χ2n) is 8.27. The zero-order valence-electron chi connectivity index (χ0n) is 19.4. The molecule has 172 valence electrons. The van der Waals surface area contributed by atoms with E-state index in [2.05, 4.69) is 4.98 Å². The van der Waals surface area contributed by atoms with Crippen molar-refractivity contribution in [2.75, 3.05) is 26.9 Å². The lowest BCUT2D eigenvalue weighted by Crippen LogP contribution is -2.46. The Kier molecular flexibility index (Phi) is 7.51. The van der Waals surface area contributed by atoms with Crippen LogP contribution in [0.4, 0.5) is 0 Å². The van der Waals surface area contributed by atoms with Crippen molar-refractivity contribution in [3.8, 4) is 0 Å². The predicted octanol–water partition coefficient (Wildman–Crippen LogP) is 3.66. The second kappa shape index (κ2) is 10.1. The van der Waals surface area contributed by atoms with Crippen LogP contribution in [0, 0.1) is 19.8 Å². The molecule has 0 radical (unpaired) electrons. The lowest BCUT2D eigenvalue weighted by molar-refractivity contribution is -0.134. The molecule has 1 amide bonds. The van der Waals surface area contributed by atoms with Gasteiger partial charge in [0.15, 0.2) is 5.78 Å². The Morgan fingerprint density at radius 2 is 1.88 bits per heavy atom. The standard InChI is InChI=1S/C25H32N2O5/c1-6-32-25(30)22-15(2)21(16(3)26-22)23(28)17(4)27(12-13-31-5)24(29)20-14-19(20)18-10-8-7-9-11-18/h7-11,17,19-20,26H,6,12-14H2,1-5H3/t17?,19-,20?/m0/s1. The van der Waals surface area contributed by atoms with Crippen LogP contribution in [0.25, 0.3) is 0 Å². The number of nitrogens with zero attached hydrogens (tertiary/aromatic N) is 1. The van der Waals surface area contributed by atoms with Gasteiger partial charge >= 0.3 is 5.97 Å². The van der Waals surface area contributed by atoms with Crippen LogP contribution in [-0.2, 0) is 14.3 Å². The molecule has 3 atom stereocenters. The number of aryl methyl sites for hydroxylation is 1. The quantitative estimate of drug-likeness (QED) is 0.450. The van der Waals surface area contributed by atoms with Crippen molar-refractivity contribution in [1.29, 1.82) is 0 Å². The van der Waals surface area contributed by atoms with E-state index in [1.54, 1.807) is 39.7 Å². The molecule has 32 heavy (non-hydrogen) atoms. The topological polar surface area (TPSA) is 88.7 Å². The van der Waals surface area contributed by atoms with Crippen LogP contribution in [0.2, 0.25) is 0 Å². The van der Waals surface area contributed by atoms with E-state index in [0.29, 0.717) is 30.0 Å². The fourth-order valence-electron chi connectivity index (χ4n) is 4.31. The molecule has 0 saturated heterocycles. The van der Waals surface area contributed by atoms with E-state index in [1.165, 1.54) is 0 Å². The summed E-state index contributed by atoms with van der Waals surface area (Å²) >= 11 is 0. The van der Waals surface area contributed by atoms with Gasteiger partial charge in [0.05, 0.1) is 19.3 Å². The van der Waals surface area contributed by atoms with Crippen molar-refractivity contribution >= 4 is 17.7 Å². The normalized spacial score (nSPS) is 18.2. The van der Waals surface area contributed by atoms with Gasteiger partial charge in [0, 0.05) is 30.8 Å². The summed E-state index contributed by atoms with van der Waals surface area (Å²) in [7, 11) is 1.57. The molecule has 0 bridgehead atoms. The number of benzene rings is 1. The Morgan fingerprint density at radius 1 is 1.19 bits per heavy atom. The molecule has 1 N–H and O–H groups in total. The highest BCUT2D eigenvalue weighted by molar-refractivity contribution is 6.06. The molecule has 1 aliphatic rings. The third-order valence-corrected chi connectivity index (χ3v) is 6.17.